The summed E-state index contributed by atoms with van der Waals surface area (Å²) in [6, 6.07) is 0. The molecule has 0 amide bonds. The van der Waals surface area contributed by atoms with Gasteiger partial charge in [-0.15, -0.1) is 0 Å². The monoisotopic (exact) mass is 741 g/mol. The van der Waals surface area contributed by atoms with E-state index in [4.69, 9.17) is 0 Å². The van der Waals surface area contributed by atoms with Crippen LogP contribution in [0.1, 0.15) is 296 Å². The minimum atomic E-state index is 0.297. The van der Waals surface area contributed by atoms with Crippen LogP contribution in [0.2, 0.25) is 0 Å². The van der Waals surface area contributed by atoms with Gasteiger partial charge in [-0.1, -0.05) is 162 Å². The second kappa shape index (κ2) is 49.9. The van der Waals surface area contributed by atoms with Crippen LogP contribution in [0.5, 0.6) is 0 Å². The zero-order valence-corrected chi connectivity index (χ0v) is 38.1. The Morgan fingerprint density at radius 1 is 0.220 bits per heavy atom. The molecule has 0 saturated heterocycles. The van der Waals surface area contributed by atoms with Crippen molar-refractivity contribution < 1.29 is 0 Å². The Labute approximate surface area is 324 Å². The molecule has 1 atom stereocenters. The van der Waals surface area contributed by atoms with Gasteiger partial charge < -0.3 is 0 Å². The summed E-state index contributed by atoms with van der Waals surface area (Å²) in [6.07, 6.45) is 69.0. The van der Waals surface area contributed by atoms with E-state index in [2.05, 4.69) is 13.8 Å². The van der Waals surface area contributed by atoms with Crippen LogP contribution >= 0.6 is 16.5 Å². The van der Waals surface area contributed by atoms with E-state index in [-0.39, 0.29) is 0 Å². The third kappa shape index (κ3) is 48.9. The van der Waals surface area contributed by atoms with Crippen LogP contribution in [0.4, 0.5) is 0 Å². The van der Waals surface area contributed by atoms with E-state index in [1.165, 1.54) is 278 Å². The smallest absolute Gasteiger partial charge is 0.0654 e. The first kappa shape index (κ1) is 50.9. The van der Waals surface area contributed by atoms with Crippen molar-refractivity contribution in [2.24, 2.45) is 0 Å². The topological polar surface area (TPSA) is 0 Å². The van der Waals surface area contributed by atoms with Crippen molar-refractivity contribution in [1.29, 1.82) is 0 Å². The van der Waals surface area contributed by atoms with Gasteiger partial charge in [-0.3, -0.25) is 0 Å². The molecule has 0 nitrogen and oxygen atoms in total. The van der Waals surface area contributed by atoms with Gasteiger partial charge in [0.1, 0.15) is 0 Å². The van der Waals surface area contributed by atoms with Crippen molar-refractivity contribution in [3.05, 3.63) is 0 Å². The van der Waals surface area contributed by atoms with E-state index in [1.807, 2.05) is 0 Å². The van der Waals surface area contributed by atoms with Crippen LogP contribution < -0.4 is 0 Å². The average molecular weight is 741 g/mol. The number of rotatable bonds is 47. The zero-order valence-electron chi connectivity index (χ0n) is 35.7. The molecule has 0 radical (unpaired) electrons. The van der Waals surface area contributed by atoms with Gasteiger partial charge in [-0.25, -0.2) is 0 Å². The third-order valence-electron chi connectivity index (χ3n) is 11.7. The fourth-order valence-electron chi connectivity index (χ4n) is 8.02. The summed E-state index contributed by atoms with van der Waals surface area (Å²) in [5, 5.41) is 0. The molecular formula is C48H102P2. The number of hydrogen-bond acceptors (Lipinski definition) is 0. The van der Waals surface area contributed by atoms with Crippen molar-refractivity contribution in [2.45, 2.75) is 296 Å². The Hall–Kier alpha value is 0.860. The van der Waals surface area contributed by atoms with E-state index in [9.17, 15) is 0 Å². The van der Waals surface area contributed by atoms with Gasteiger partial charge in [0.15, 0.2) is 0 Å². The van der Waals surface area contributed by atoms with Crippen LogP contribution in [0.25, 0.3) is 0 Å². The molecule has 1 unspecified atom stereocenters. The molecule has 0 aliphatic rings. The maximum absolute atomic E-state index is 2.31. The molecule has 0 fully saturated rings. The summed E-state index contributed by atoms with van der Waals surface area (Å²) in [4.78, 5) is 0. The Balaban J connectivity index is 3.04. The zero-order chi connectivity index (χ0) is 35.9. The van der Waals surface area contributed by atoms with Crippen LogP contribution in [0.3, 0.4) is 0 Å². The average Bonchev–Trinajstić information content (AvgIpc) is 3.13. The van der Waals surface area contributed by atoms with E-state index in [0.717, 1.165) is 0 Å². The van der Waals surface area contributed by atoms with Gasteiger partial charge in [-0.05, 0) is 0 Å². The molecule has 0 aromatic heterocycles. The summed E-state index contributed by atoms with van der Waals surface area (Å²) in [7, 11) is 1.69. The molecule has 2 heteroatoms. The first-order valence-corrected chi connectivity index (χ1v) is 29.2. The Bertz CT molecular complexity index is 500. The van der Waals surface area contributed by atoms with Crippen LogP contribution in [0, 0.1) is 0 Å². The molecule has 0 N–H and O–H groups in total. The maximum atomic E-state index is 2.31. The number of hydrogen-bond donors (Lipinski definition) is 0. The van der Waals surface area contributed by atoms with Crippen molar-refractivity contribution in [3.63, 3.8) is 0 Å². The van der Waals surface area contributed by atoms with Gasteiger partial charge in [0.2, 0.25) is 0 Å². The van der Waals surface area contributed by atoms with Crippen LogP contribution in [-0.2, 0) is 0 Å². The first-order chi connectivity index (χ1) is 24.9. The molecule has 0 bridgehead atoms. The SMILES string of the molecule is CCCCCCCCCCCCCCCCCCCCCCCCP[PH3]CCCCCCCCCCCCCCCCCCCCCCCC. The molecule has 50 heavy (non-hydrogen) atoms. The summed E-state index contributed by atoms with van der Waals surface area (Å²) in [6.45, 7) is 4.63. The van der Waals surface area contributed by atoms with Crippen molar-refractivity contribution in [2.75, 3.05) is 12.3 Å². The van der Waals surface area contributed by atoms with Crippen molar-refractivity contribution in [1.82, 2.24) is 0 Å². The predicted molar refractivity (Wildman–Crippen MR) is 244 cm³/mol. The predicted octanol–water partition coefficient (Wildman–Crippen LogP) is 18.9. The van der Waals surface area contributed by atoms with Gasteiger partial charge >= 0.3 is 164 Å². The van der Waals surface area contributed by atoms with Crippen LogP contribution in [0.15, 0.2) is 0 Å². The van der Waals surface area contributed by atoms with Crippen molar-refractivity contribution in [3.8, 4) is 0 Å². The molecule has 0 saturated carbocycles. The molecule has 0 aromatic rings. The fourth-order valence-corrected chi connectivity index (χ4v) is 12.6. The molecule has 304 valence electrons. The molecule has 0 heterocycles. The summed E-state index contributed by atoms with van der Waals surface area (Å²) >= 11 is 0. The molecule has 0 aromatic carbocycles. The van der Waals surface area contributed by atoms with Crippen molar-refractivity contribution >= 4 is 16.5 Å². The van der Waals surface area contributed by atoms with E-state index >= 15 is 0 Å². The Kier molecular flexibility index (Phi) is 50.7. The molecule has 0 rings (SSSR count). The van der Waals surface area contributed by atoms with Gasteiger partial charge in [0.05, 0.1) is 0 Å². The van der Waals surface area contributed by atoms with E-state index in [1.54, 1.807) is 25.2 Å². The minimum absolute atomic E-state index is 0.297. The molecular weight excluding hydrogens is 638 g/mol. The fraction of sp³-hybridized carbons (Fsp3) is 1.00. The second-order valence-electron chi connectivity index (χ2n) is 17.0. The summed E-state index contributed by atoms with van der Waals surface area (Å²) in [5.74, 6) is 0. The Morgan fingerprint density at radius 3 is 0.620 bits per heavy atom. The Morgan fingerprint density at radius 2 is 0.400 bits per heavy atom. The van der Waals surface area contributed by atoms with Gasteiger partial charge in [0, 0.05) is 0 Å². The molecule has 0 aliphatic carbocycles. The summed E-state index contributed by atoms with van der Waals surface area (Å²) < 4.78 is 0. The van der Waals surface area contributed by atoms with Gasteiger partial charge in [-0.2, -0.15) is 0 Å². The molecule has 0 spiro atoms. The standard InChI is InChI=1S/C48H102P2/c1-3-5-7-9-11-13-15-17-19-21-23-25-27-29-31-33-35-37-39-41-43-45-47-49-50-48-46-44-42-40-38-36-34-32-30-28-26-24-22-20-18-16-14-12-10-8-6-4-2/h49H,3-48H2,1-2,50H3. The van der Waals surface area contributed by atoms with E-state index in [0.29, 0.717) is 8.27 Å². The van der Waals surface area contributed by atoms with Crippen LogP contribution in [-0.4, -0.2) is 12.3 Å². The quantitative estimate of drug-likeness (QED) is 0.0430. The van der Waals surface area contributed by atoms with E-state index < -0.39 is 0 Å². The minimum Gasteiger partial charge on any atom is -0.0654 e. The normalized spacial score (nSPS) is 12.0. The first-order valence-electron chi connectivity index (χ1n) is 24.6. The summed E-state index contributed by atoms with van der Waals surface area (Å²) in [5.41, 5.74) is 0. The third-order valence-corrected chi connectivity index (χ3v) is 16.8. The van der Waals surface area contributed by atoms with Gasteiger partial charge in [0.25, 0.3) is 0 Å². The number of unbranched alkanes of at least 4 members (excludes halogenated alkanes) is 42. The second-order valence-corrected chi connectivity index (χ2v) is 22.2. The molecule has 0 aliphatic heterocycles.